The summed E-state index contributed by atoms with van der Waals surface area (Å²) in [5.41, 5.74) is 0.583. The van der Waals surface area contributed by atoms with Gasteiger partial charge in [-0.25, -0.2) is 4.79 Å². The Kier molecular flexibility index (Phi) is 2.48. The number of fused-ring (bicyclic) bond motifs is 1. The van der Waals surface area contributed by atoms with Gasteiger partial charge in [0.2, 0.25) is 0 Å². The minimum Gasteiger partial charge on any atom is -0.296 e. The van der Waals surface area contributed by atoms with Crippen LogP contribution in [0.4, 0.5) is 0 Å². The van der Waals surface area contributed by atoms with Gasteiger partial charge in [0.25, 0.3) is 5.56 Å². The Morgan fingerprint density at radius 1 is 0.875 bits per heavy atom. The normalized spacial score (nSPS) is 13.4. The van der Waals surface area contributed by atoms with Crippen LogP contribution in [0.1, 0.15) is 11.3 Å². The molecule has 4 heteroatoms. The van der Waals surface area contributed by atoms with Crippen LogP contribution in [0.25, 0.3) is 12.2 Å². The van der Waals surface area contributed by atoms with Crippen LogP contribution in [0.15, 0.2) is 33.9 Å². The Hall–Kier alpha value is -2.10. The molecule has 0 aliphatic heterocycles. The number of allylic oxidation sites excluding steroid dienone is 4. The molecule has 0 unspecified atom stereocenters. The van der Waals surface area contributed by atoms with Crippen molar-refractivity contribution >= 4 is 12.2 Å². The Bertz CT molecular complexity index is 628. The Balaban J connectivity index is 2.93. The van der Waals surface area contributed by atoms with Gasteiger partial charge in [0.15, 0.2) is 0 Å². The maximum absolute atomic E-state index is 11.9. The van der Waals surface area contributed by atoms with Crippen molar-refractivity contribution in [2.45, 2.75) is 0 Å². The van der Waals surface area contributed by atoms with E-state index in [9.17, 15) is 9.59 Å². The molecule has 82 valence electrons. The summed E-state index contributed by atoms with van der Waals surface area (Å²) in [6.45, 7) is 0. The van der Waals surface area contributed by atoms with Crippen LogP contribution in [0.5, 0.6) is 0 Å². The maximum Gasteiger partial charge on any atom is 0.330 e. The molecule has 0 atom stereocenters. The van der Waals surface area contributed by atoms with Crippen molar-refractivity contribution in [3.63, 3.8) is 0 Å². The van der Waals surface area contributed by atoms with E-state index in [1.165, 1.54) is 11.6 Å². The average Bonchev–Trinajstić information content (AvgIpc) is 2.24. The molecule has 0 radical (unpaired) electrons. The third-order valence-corrected chi connectivity index (χ3v) is 2.60. The highest BCUT2D eigenvalue weighted by Gasteiger charge is 2.10. The van der Waals surface area contributed by atoms with Crippen molar-refractivity contribution in [2.75, 3.05) is 0 Å². The molecule has 0 N–H and O–H groups in total. The molecular weight excluding hydrogens is 204 g/mol. The van der Waals surface area contributed by atoms with Gasteiger partial charge in [-0.15, -0.1) is 0 Å². The molecule has 0 bridgehead atoms. The quantitative estimate of drug-likeness (QED) is 0.640. The summed E-state index contributed by atoms with van der Waals surface area (Å²) in [4.78, 5) is 23.6. The van der Waals surface area contributed by atoms with E-state index in [0.717, 1.165) is 4.57 Å². The second-order valence-electron chi connectivity index (χ2n) is 3.61. The Labute approximate surface area is 92.5 Å². The van der Waals surface area contributed by atoms with Crippen molar-refractivity contribution in [1.82, 2.24) is 9.13 Å². The predicted octanol–water partition coefficient (Wildman–Crippen LogP) is 0.680. The lowest BCUT2D eigenvalue weighted by molar-refractivity contribution is 0.678. The molecule has 1 aromatic rings. The second-order valence-corrected chi connectivity index (χ2v) is 3.61. The van der Waals surface area contributed by atoms with E-state index < -0.39 is 0 Å². The van der Waals surface area contributed by atoms with Crippen LogP contribution < -0.4 is 11.2 Å². The zero-order valence-electron chi connectivity index (χ0n) is 9.18. The highest BCUT2D eigenvalue weighted by atomic mass is 16.2. The molecule has 1 aliphatic rings. The SMILES string of the molecule is Cn1c2c(c(=O)n(C)c1=O)C=CC=CC=C2. The number of hydrogen-bond donors (Lipinski definition) is 0. The van der Waals surface area contributed by atoms with Gasteiger partial charge >= 0.3 is 5.69 Å². The summed E-state index contributed by atoms with van der Waals surface area (Å²) < 4.78 is 2.58. The van der Waals surface area contributed by atoms with Crippen molar-refractivity contribution in [2.24, 2.45) is 14.1 Å². The summed E-state index contributed by atoms with van der Waals surface area (Å²) in [6.07, 6.45) is 10.8. The van der Waals surface area contributed by atoms with Crippen molar-refractivity contribution in [3.8, 4) is 0 Å². The molecular formula is C12H12N2O2. The zero-order chi connectivity index (χ0) is 11.7. The van der Waals surface area contributed by atoms with Crippen LogP contribution in [0.2, 0.25) is 0 Å². The first-order chi connectivity index (χ1) is 7.63. The van der Waals surface area contributed by atoms with Crippen LogP contribution in [0.3, 0.4) is 0 Å². The van der Waals surface area contributed by atoms with Crippen LogP contribution in [0, 0.1) is 0 Å². The molecule has 0 spiro atoms. The van der Waals surface area contributed by atoms with E-state index in [-0.39, 0.29) is 11.2 Å². The van der Waals surface area contributed by atoms with E-state index in [4.69, 9.17) is 0 Å². The van der Waals surface area contributed by atoms with E-state index >= 15 is 0 Å². The first-order valence-electron chi connectivity index (χ1n) is 4.94. The van der Waals surface area contributed by atoms with Gasteiger partial charge in [-0.2, -0.15) is 0 Å². The van der Waals surface area contributed by atoms with E-state index in [0.29, 0.717) is 11.3 Å². The molecule has 1 aromatic heterocycles. The molecule has 1 aliphatic carbocycles. The Morgan fingerprint density at radius 2 is 1.50 bits per heavy atom. The molecule has 0 fully saturated rings. The summed E-state index contributed by atoms with van der Waals surface area (Å²) in [6, 6.07) is 0. The fraction of sp³-hybridized carbons (Fsp3) is 0.167. The molecule has 1 heterocycles. The molecule has 0 amide bonds. The summed E-state index contributed by atoms with van der Waals surface area (Å²) in [5.74, 6) is 0. The van der Waals surface area contributed by atoms with Crippen LogP contribution >= 0.6 is 0 Å². The van der Waals surface area contributed by atoms with Crippen molar-refractivity contribution < 1.29 is 0 Å². The molecule has 0 aromatic carbocycles. The van der Waals surface area contributed by atoms with Gasteiger partial charge in [0, 0.05) is 14.1 Å². The lowest BCUT2D eigenvalue weighted by atomic mass is 10.1. The fourth-order valence-electron chi connectivity index (χ4n) is 1.67. The van der Waals surface area contributed by atoms with Crippen molar-refractivity contribution in [3.05, 3.63) is 56.4 Å². The number of hydrogen-bond acceptors (Lipinski definition) is 2. The molecule has 0 saturated heterocycles. The minimum absolute atomic E-state index is 0.269. The average molecular weight is 216 g/mol. The highest BCUT2D eigenvalue weighted by molar-refractivity contribution is 5.64. The third-order valence-electron chi connectivity index (χ3n) is 2.60. The smallest absolute Gasteiger partial charge is 0.296 e. The first kappa shape index (κ1) is 10.4. The van der Waals surface area contributed by atoms with Crippen molar-refractivity contribution in [1.29, 1.82) is 0 Å². The van der Waals surface area contributed by atoms with Crippen LogP contribution in [-0.2, 0) is 14.1 Å². The van der Waals surface area contributed by atoms with Gasteiger partial charge in [-0.05, 0) is 12.2 Å². The summed E-state index contributed by atoms with van der Waals surface area (Å²) in [5, 5.41) is 0. The van der Waals surface area contributed by atoms with Gasteiger partial charge in [-0.1, -0.05) is 24.3 Å². The summed E-state index contributed by atoms with van der Waals surface area (Å²) in [7, 11) is 3.14. The molecule has 2 rings (SSSR count). The Morgan fingerprint density at radius 3 is 2.19 bits per heavy atom. The zero-order valence-corrected chi connectivity index (χ0v) is 9.18. The molecule has 16 heavy (non-hydrogen) atoms. The standard InChI is InChI=1S/C12H12N2O2/c1-13-10-8-6-4-3-5-7-9(10)11(15)14(2)12(13)16/h3-8H,1-2H3. The number of rotatable bonds is 0. The fourth-order valence-corrected chi connectivity index (χ4v) is 1.67. The van der Waals surface area contributed by atoms with E-state index in [1.54, 1.807) is 31.4 Å². The second kappa shape index (κ2) is 3.81. The maximum atomic E-state index is 11.9. The van der Waals surface area contributed by atoms with Gasteiger partial charge in [-0.3, -0.25) is 13.9 Å². The number of nitrogens with zero attached hydrogens (tertiary/aromatic N) is 2. The lowest BCUT2D eigenvalue weighted by Gasteiger charge is -2.10. The van der Waals surface area contributed by atoms with Gasteiger partial charge in [0.1, 0.15) is 0 Å². The lowest BCUT2D eigenvalue weighted by Crippen LogP contribution is -2.39. The molecule has 0 saturated carbocycles. The summed E-state index contributed by atoms with van der Waals surface area (Å²) >= 11 is 0. The monoisotopic (exact) mass is 216 g/mol. The predicted molar refractivity (Wildman–Crippen MR) is 64.1 cm³/mol. The van der Waals surface area contributed by atoms with E-state index in [2.05, 4.69) is 0 Å². The molecule has 4 nitrogen and oxygen atoms in total. The van der Waals surface area contributed by atoms with Gasteiger partial charge < -0.3 is 0 Å². The van der Waals surface area contributed by atoms with Crippen LogP contribution in [-0.4, -0.2) is 9.13 Å². The minimum atomic E-state index is -0.314. The largest absolute Gasteiger partial charge is 0.330 e. The topological polar surface area (TPSA) is 44.0 Å². The first-order valence-corrected chi connectivity index (χ1v) is 4.94. The van der Waals surface area contributed by atoms with Gasteiger partial charge in [0.05, 0.1) is 11.3 Å². The van der Waals surface area contributed by atoms with E-state index in [1.807, 2.05) is 12.2 Å². The number of aromatic nitrogens is 2. The third kappa shape index (κ3) is 1.48. The highest BCUT2D eigenvalue weighted by Crippen LogP contribution is 2.08.